The van der Waals surface area contributed by atoms with Gasteiger partial charge in [-0.2, -0.15) is 5.26 Å². The van der Waals surface area contributed by atoms with Gasteiger partial charge >= 0.3 is 5.97 Å². The van der Waals surface area contributed by atoms with E-state index >= 15 is 0 Å². The van der Waals surface area contributed by atoms with Gasteiger partial charge in [0.1, 0.15) is 0 Å². The summed E-state index contributed by atoms with van der Waals surface area (Å²) < 4.78 is 4.97. The molecule has 0 heterocycles. The number of ether oxygens (including phenoxy) is 1. The summed E-state index contributed by atoms with van der Waals surface area (Å²) in [6.07, 6.45) is 0.358. The van der Waals surface area contributed by atoms with Crippen LogP contribution in [0, 0.1) is 11.3 Å². The molecule has 0 spiro atoms. The van der Waals surface area contributed by atoms with Crippen LogP contribution in [0.5, 0.6) is 0 Å². The van der Waals surface area contributed by atoms with Gasteiger partial charge in [-0.15, -0.1) is 0 Å². The smallest absolute Gasteiger partial charge is 0.320 e. The Morgan fingerprint density at radius 3 is 2.58 bits per heavy atom. The lowest BCUT2D eigenvalue weighted by atomic mass is 10.0. The zero-order valence-corrected chi connectivity index (χ0v) is 11.5. The molecule has 0 fully saturated rings. The van der Waals surface area contributed by atoms with Gasteiger partial charge in [0.05, 0.1) is 25.6 Å². The molecule has 1 rings (SSSR count). The van der Waals surface area contributed by atoms with Crippen molar-refractivity contribution in [2.24, 2.45) is 0 Å². The average Bonchev–Trinajstić information content (AvgIpc) is 2.44. The van der Waals surface area contributed by atoms with Crippen LogP contribution in [0.2, 0.25) is 0 Å². The molecule has 0 aromatic heterocycles. The van der Waals surface area contributed by atoms with Crippen molar-refractivity contribution in [1.29, 1.82) is 5.26 Å². The van der Waals surface area contributed by atoms with Crippen LogP contribution in [0.15, 0.2) is 30.3 Å². The number of hydrogen-bond donors (Lipinski definition) is 0. The molecule has 0 aliphatic rings. The summed E-state index contributed by atoms with van der Waals surface area (Å²) in [5.74, 6) is -0.247. The van der Waals surface area contributed by atoms with Crippen molar-refractivity contribution >= 4 is 5.97 Å². The Morgan fingerprint density at radius 1 is 1.37 bits per heavy atom. The lowest BCUT2D eigenvalue weighted by Gasteiger charge is -2.28. The monoisotopic (exact) mass is 260 g/mol. The third-order valence-electron chi connectivity index (χ3n) is 2.95. The van der Waals surface area contributed by atoms with Gasteiger partial charge in [0.2, 0.25) is 0 Å². The highest BCUT2D eigenvalue weighted by Crippen LogP contribution is 2.23. The van der Waals surface area contributed by atoms with E-state index in [0.29, 0.717) is 19.6 Å². The third kappa shape index (κ3) is 4.72. The molecule has 0 radical (unpaired) electrons. The zero-order valence-electron chi connectivity index (χ0n) is 11.5. The number of nitriles is 1. The molecule has 0 saturated heterocycles. The fourth-order valence-electron chi connectivity index (χ4n) is 2.03. The molecule has 0 N–H and O–H groups in total. The van der Waals surface area contributed by atoms with Crippen LogP contribution in [0.25, 0.3) is 0 Å². The second kappa shape index (κ2) is 8.28. The topological polar surface area (TPSA) is 53.3 Å². The minimum absolute atomic E-state index is 0.0689. The number of nitrogens with zero attached hydrogens (tertiary/aromatic N) is 2. The first-order chi connectivity index (χ1) is 9.22. The second-order valence-corrected chi connectivity index (χ2v) is 4.16. The Labute approximate surface area is 114 Å². The zero-order chi connectivity index (χ0) is 14.1. The molecular weight excluding hydrogens is 240 g/mol. The quantitative estimate of drug-likeness (QED) is 0.707. The van der Waals surface area contributed by atoms with Crippen LogP contribution in [-0.4, -0.2) is 30.6 Å². The number of likely N-dealkylation sites (N-methyl/N-ethyl adjacent to an activating group) is 1. The van der Waals surface area contributed by atoms with Gasteiger partial charge < -0.3 is 4.74 Å². The lowest BCUT2D eigenvalue weighted by Crippen LogP contribution is -2.34. The Morgan fingerprint density at radius 2 is 2.05 bits per heavy atom. The summed E-state index contributed by atoms with van der Waals surface area (Å²) in [5, 5.41) is 8.99. The average molecular weight is 260 g/mol. The van der Waals surface area contributed by atoms with Crippen LogP contribution in [0.3, 0.4) is 0 Å². The van der Waals surface area contributed by atoms with Crippen molar-refractivity contribution in [2.45, 2.75) is 26.3 Å². The molecule has 1 aromatic carbocycles. The molecule has 102 valence electrons. The molecule has 1 aromatic rings. The fourth-order valence-corrected chi connectivity index (χ4v) is 2.03. The van der Waals surface area contributed by atoms with E-state index in [-0.39, 0.29) is 18.6 Å². The van der Waals surface area contributed by atoms with E-state index in [9.17, 15) is 4.79 Å². The molecule has 1 atom stereocenters. The normalized spacial score (nSPS) is 11.9. The van der Waals surface area contributed by atoms with Gasteiger partial charge in [-0.3, -0.25) is 9.69 Å². The number of carbonyl (C=O) groups is 1. The van der Waals surface area contributed by atoms with Crippen LogP contribution in [-0.2, 0) is 9.53 Å². The summed E-state index contributed by atoms with van der Waals surface area (Å²) in [6, 6.07) is 11.9. The first-order valence-electron chi connectivity index (χ1n) is 6.54. The van der Waals surface area contributed by atoms with E-state index in [0.717, 1.165) is 5.56 Å². The van der Waals surface area contributed by atoms with Crippen LogP contribution >= 0.6 is 0 Å². The van der Waals surface area contributed by atoms with Gasteiger partial charge in [-0.25, -0.2) is 0 Å². The summed E-state index contributed by atoms with van der Waals surface area (Å²) in [5.41, 5.74) is 1.05. The van der Waals surface area contributed by atoms with Gasteiger partial charge in [-0.05, 0) is 19.0 Å². The molecular formula is C15H20N2O2. The molecule has 4 nitrogen and oxygen atoms in total. The Kier molecular flexibility index (Phi) is 6.62. The molecule has 0 aliphatic heterocycles. The maximum Gasteiger partial charge on any atom is 0.320 e. The first-order valence-corrected chi connectivity index (χ1v) is 6.54. The Hall–Kier alpha value is -1.86. The predicted octanol–water partition coefficient (Wildman–Crippen LogP) is 2.53. The number of benzene rings is 1. The Bertz CT molecular complexity index is 426. The molecule has 1 unspecified atom stereocenters. The summed E-state index contributed by atoms with van der Waals surface area (Å²) in [7, 11) is 0. The Balaban J connectivity index is 2.84. The molecule has 0 bridgehead atoms. The van der Waals surface area contributed by atoms with Crippen LogP contribution in [0.4, 0.5) is 0 Å². The van der Waals surface area contributed by atoms with E-state index in [1.165, 1.54) is 0 Å². The van der Waals surface area contributed by atoms with Crippen molar-refractivity contribution in [2.75, 3.05) is 19.7 Å². The number of hydrogen-bond acceptors (Lipinski definition) is 4. The van der Waals surface area contributed by atoms with Crippen molar-refractivity contribution in [3.63, 3.8) is 0 Å². The van der Waals surface area contributed by atoms with Crippen LogP contribution < -0.4 is 0 Å². The molecule has 0 amide bonds. The fraction of sp³-hybridized carbons (Fsp3) is 0.467. The standard InChI is InChI=1S/C15H20N2O2/c1-3-17(12-15(18)19-4-2)14(10-11-16)13-8-6-5-7-9-13/h5-9,14H,3-4,10,12H2,1-2H3. The largest absolute Gasteiger partial charge is 0.465 e. The summed E-state index contributed by atoms with van der Waals surface area (Å²) >= 11 is 0. The second-order valence-electron chi connectivity index (χ2n) is 4.16. The van der Waals surface area contributed by atoms with Crippen molar-refractivity contribution < 1.29 is 9.53 Å². The highest BCUT2D eigenvalue weighted by Gasteiger charge is 2.21. The van der Waals surface area contributed by atoms with E-state index < -0.39 is 0 Å². The maximum atomic E-state index is 11.6. The highest BCUT2D eigenvalue weighted by molar-refractivity contribution is 5.71. The third-order valence-corrected chi connectivity index (χ3v) is 2.95. The van der Waals surface area contributed by atoms with Crippen molar-refractivity contribution in [1.82, 2.24) is 4.90 Å². The summed E-state index contributed by atoms with van der Waals surface area (Å²) in [4.78, 5) is 13.6. The molecule has 19 heavy (non-hydrogen) atoms. The molecule has 0 aliphatic carbocycles. The number of carbonyl (C=O) groups excluding carboxylic acids is 1. The SMILES string of the molecule is CCOC(=O)CN(CC)C(CC#N)c1ccccc1. The van der Waals surface area contributed by atoms with Gasteiger partial charge in [-0.1, -0.05) is 37.3 Å². The van der Waals surface area contributed by atoms with Gasteiger partial charge in [0.25, 0.3) is 0 Å². The maximum absolute atomic E-state index is 11.6. The van der Waals surface area contributed by atoms with E-state index in [2.05, 4.69) is 6.07 Å². The van der Waals surface area contributed by atoms with Crippen LogP contribution in [0.1, 0.15) is 31.9 Å². The number of esters is 1. The van der Waals surface area contributed by atoms with Crippen molar-refractivity contribution in [3.8, 4) is 6.07 Å². The minimum atomic E-state index is -0.247. The molecule has 4 heteroatoms. The van der Waals surface area contributed by atoms with E-state index in [1.807, 2.05) is 42.2 Å². The van der Waals surface area contributed by atoms with E-state index in [1.54, 1.807) is 6.92 Å². The first kappa shape index (κ1) is 15.2. The van der Waals surface area contributed by atoms with Gasteiger partial charge in [0, 0.05) is 6.04 Å². The lowest BCUT2D eigenvalue weighted by molar-refractivity contribution is -0.145. The highest BCUT2D eigenvalue weighted by atomic mass is 16.5. The predicted molar refractivity (Wildman–Crippen MR) is 73.3 cm³/mol. The van der Waals surface area contributed by atoms with Gasteiger partial charge in [0.15, 0.2) is 0 Å². The van der Waals surface area contributed by atoms with E-state index in [4.69, 9.17) is 10.00 Å². The summed E-state index contributed by atoms with van der Waals surface area (Å²) in [6.45, 7) is 5.06. The minimum Gasteiger partial charge on any atom is -0.465 e. The molecule has 0 saturated carbocycles. The number of rotatable bonds is 7. The van der Waals surface area contributed by atoms with Crippen molar-refractivity contribution in [3.05, 3.63) is 35.9 Å².